The van der Waals surface area contributed by atoms with Crippen LogP contribution in [0.5, 0.6) is 0 Å². The largest absolute Gasteiger partial charge is 0.208 e. The molecule has 0 saturated carbocycles. The standard InChI is InChI=1S/C51H33N3/c1-4-13-37-28-43(25-22-34(37)10-1)40-16-7-19-46(31-40)49-52-50(47-20-8-17-41(32-47)44-26-23-35-11-2-5-14-38(35)29-44)54-51(53-49)48-21-9-18-42(33-48)45-27-24-36-12-3-6-15-39(36)30-45/h1-33H. The minimum absolute atomic E-state index is 0.629. The van der Waals surface area contributed by atoms with Crippen molar-refractivity contribution in [3.8, 4) is 67.5 Å². The highest BCUT2D eigenvalue weighted by molar-refractivity contribution is 5.90. The van der Waals surface area contributed by atoms with Gasteiger partial charge in [0.2, 0.25) is 0 Å². The predicted molar refractivity (Wildman–Crippen MR) is 225 cm³/mol. The molecule has 0 radical (unpaired) electrons. The van der Waals surface area contributed by atoms with Crippen LogP contribution in [0.1, 0.15) is 0 Å². The van der Waals surface area contributed by atoms with Crippen LogP contribution in [0, 0.1) is 0 Å². The fraction of sp³-hybridized carbons (Fsp3) is 0. The molecule has 1 heterocycles. The molecule has 1 aromatic heterocycles. The van der Waals surface area contributed by atoms with E-state index in [1.54, 1.807) is 0 Å². The summed E-state index contributed by atoms with van der Waals surface area (Å²) in [6.07, 6.45) is 0. The number of rotatable bonds is 6. The van der Waals surface area contributed by atoms with E-state index >= 15 is 0 Å². The first kappa shape index (κ1) is 31.5. The molecule has 9 aromatic carbocycles. The van der Waals surface area contributed by atoms with Gasteiger partial charge >= 0.3 is 0 Å². The maximum absolute atomic E-state index is 5.16. The maximum Gasteiger partial charge on any atom is 0.164 e. The molecule has 0 unspecified atom stereocenters. The van der Waals surface area contributed by atoms with Crippen molar-refractivity contribution in [3.63, 3.8) is 0 Å². The fourth-order valence-corrected chi connectivity index (χ4v) is 7.38. The molecule has 0 N–H and O–H groups in total. The third kappa shape index (κ3) is 6.08. The van der Waals surface area contributed by atoms with Gasteiger partial charge in [-0.25, -0.2) is 15.0 Å². The van der Waals surface area contributed by atoms with Crippen LogP contribution in [0.25, 0.3) is 99.9 Å². The highest BCUT2D eigenvalue weighted by atomic mass is 15.0. The van der Waals surface area contributed by atoms with Crippen molar-refractivity contribution in [2.75, 3.05) is 0 Å². The summed E-state index contributed by atoms with van der Waals surface area (Å²) in [7, 11) is 0. The molecular formula is C51H33N3. The summed E-state index contributed by atoms with van der Waals surface area (Å²) in [5, 5.41) is 7.30. The fourth-order valence-electron chi connectivity index (χ4n) is 7.38. The Labute approximate surface area is 313 Å². The second-order valence-corrected chi connectivity index (χ2v) is 13.7. The van der Waals surface area contributed by atoms with Gasteiger partial charge in [-0.1, -0.05) is 164 Å². The Kier molecular flexibility index (Phi) is 7.81. The number of hydrogen-bond acceptors (Lipinski definition) is 3. The van der Waals surface area contributed by atoms with E-state index in [0.29, 0.717) is 17.5 Å². The Morgan fingerprint density at radius 1 is 0.185 bits per heavy atom. The van der Waals surface area contributed by atoms with Gasteiger partial charge in [0.05, 0.1) is 0 Å². The van der Waals surface area contributed by atoms with Crippen LogP contribution in [0.15, 0.2) is 200 Å². The molecule has 0 fully saturated rings. The Hall–Kier alpha value is -7.23. The number of aromatic nitrogens is 3. The van der Waals surface area contributed by atoms with Gasteiger partial charge in [-0.3, -0.25) is 0 Å². The van der Waals surface area contributed by atoms with E-state index in [9.17, 15) is 0 Å². The van der Waals surface area contributed by atoms with Crippen LogP contribution < -0.4 is 0 Å². The number of nitrogens with zero attached hydrogens (tertiary/aromatic N) is 3. The normalized spacial score (nSPS) is 11.3. The summed E-state index contributed by atoms with van der Waals surface area (Å²) < 4.78 is 0. The maximum atomic E-state index is 5.16. The molecule has 0 aliphatic rings. The zero-order chi connectivity index (χ0) is 35.8. The molecule has 10 aromatic rings. The van der Waals surface area contributed by atoms with Crippen molar-refractivity contribution in [1.82, 2.24) is 15.0 Å². The van der Waals surface area contributed by atoms with Crippen LogP contribution in [-0.4, -0.2) is 15.0 Å². The molecule has 0 aliphatic heterocycles. The molecule has 3 nitrogen and oxygen atoms in total. The first-order valence-corrected chi connectivity index (χ1v) is 18.3. The molecule has 3 heteroatoms. The van der Waals surface area contributed by atoms with Gasteiger partial charge in [-0.05, 0) is 102 Å². The summed E-state index contributed by atoms with van der Waals surface area (Å²) in [4.78, 5) is 15.5. The van der Waals surface area contributed by atoms with E-state index in [-0.39, 0.29) is 0 Å². The van der Waals surface area contributed by atoms with Crippen LogP contribution in [0.4, 0.5) is 0 Å². The van der Waals surface area contributed by atoms with Gasteiger partial charge < -0.3 is 0 Å². The molecule has 10 rings (SSSR count). The Morgan fingerprint density at radius 2 is 0.444 bits per heavy atom. The smallest absolute Gasteiger partial charge is 0.164 e. The summed E-state index contributed by atoms with van der Waals surface area (Å²) in [5.41, 5.74) is 9.57. The summed E-state index contributed by atoms with van der Waals surface area (Å²) in [6.45, 7) is 0. The van der Waals surface area contributed by atoms with E-state index < -0.39 is 0 Å². The molecular weight excluding hydrogens is 655 g/mol. The topological polar surface area (TPSA) is 38.7 Å². The molecule has 0 spiro atoms. The van der Waals surface area contributed by atoms with Gasteiger partial charge in [0.15, 0.2) is 17.5 Å². The SMILES string of the molecule is c1cc(-c2ccc3ccccc3c2)cc(-c2nc(-c3cccc(-c4ccc5ccccc5c4)c3)nc(-c3cccc(-c4ccc5ccccc5c4)c3)n2)c1. The lowest BCUT2D eigenvalue weighted by Crippen LogP contribution is -2.00. The molecule has 0 aliphatic carbocycles. The predicted octanol–water partition coefficient (Wildman–Crippen LogP) is 13.3. The van der Waals surface area contributed by atoms with Crippen molar-refractivity contribution in [2.24, 2.45) is 0 Å². The zero-order valence-corrected chi connectivity index (χ0v) is 29.4. The van der Waals surface area contributed by atoms with Gasteiger partial charge in [0, 0.05) is 16.7 Å². The van der Waals surface area contributed by atoms with Crippen LogP contribution >= 0.6 is 0 Å². The van der Waals surface area contributed by atoms with Crippen LogP contribution in [0.3, 0.4) is 0 Å². The summed E-state index contributed by atoms with van der Waals surface area (Å²) in [6, 6.07) is 70.8. The number of benzene rings is 9. The average Bonchev–Trinajstić information content (AvgIpc) is 3.26. The lowest BCUT2D eigenvalue weighted by Gasteiger charge is -2.12. The van der Waals surface area contributed by atoms with E-state index in [0.717, 1.165) is 50.1 Å². The Balaban J connectivity index is 1.10. The lowest BCUT2D eigenvalue weighted by atomic mass is 9.98. The minimum atomic E-state index is 0.629. The van der Waals surface area contributed by atoms with E-state index in [1.165, 1.54) is 32.3 Å². The van der Waals surface area contributed by atoms with Crippen molar-refractivity contribution in [3.05, 3.63) is 200 Å². The third-order valence-electron chi connectivity index (χ3n) is 10.2. The Bertz CT molecular complexity index is 2680. The average molecular weight is 688 g/mol. The van der Waals surface area contributed by atoms with E-state index in [2.05, 4.69) is 200 Å². The zero-order valence-electron chi connectivity index (χ0n) is 29.4. The molecule has 0 amide bonds. The molecule has 0 bridgehead atoms. The van der Waals surface area contributed by atoms with Crippen molar-refractivity contribution in [1.29, 1.82) is 0 Å². The molecule has 0 saturated heterocycles. The second-order valence-electron chi connectivity index (χ2n) is 13.7. The van der Waals surface area contributed by atoms with Crippen molar-refractivity contribution < 1.29 is 0 Å². The van der Waals surface area contributed by atoms with E-state index in [4.69, 9.17) is 15.0 Å². The highest BCUT2D eigenvalue weighted by Gasteiger charge is 2.15. The molecule has 0 atom stereocenters. The van der Waals surface area contributed by atoms with Crippen molar-refractivity contribution in [2.45, 2.75) is 0 Å². The second kappa shape index (κ2) is 13.4. The number of hydrogen-bond donors (Lipinski definition) is 0. The minimum Gasteiger partial charge on any atom is -0.208 e. The number of fused-ring (bicyclic) bond motifs is 3. The van der Waals surface area contributed by atoms with Crippen LogP contribution in [-0.2, 0) is 0 Å². The van der Waals surface area contributed by atoms with Gasteiger partial charge in [-0.2, -0.15) is 0 Å². The first-order chi connectivity index (χ1) is 26.7. The van der Waals surface area contributed by atoms with Gasteiger partial charge in [-0.15, -0.1) is 0 Å². The molecule has 54 heavy (non-hydrogen) atoms. The van der Waals surface area contributed by atoms with Gasteiger partial charge in [0.1, 0.15) is 0 Å². The van der Waals surface area contributed by atoms with Gasteiger partial charge in [0.25, 0.3) is 0 Å². The Morgan fingerprint density at radius 3 is 0.759 bits per heavy atom. The quantitative estimate of drug-likeness (QED) is 0.175. The highest BCUT2D eigenvalue weighted by Crippen LogP contribution is 2.33. The first-order valence-electron chi connectivity index (χ1n) is 18.3. The third-order valence-corrected chi connectivity index (χ3v) is 10.2. The molecule has 252 valence electrons. The van der Waals surface area contributed by atoms with Crippen LogP contribution in [0.2, 0.25) is 0 Å². The lowest BCUT2D eigenvalue weighted by molar-refractivity contribution is 1.07. The van der Waals surface area contributed by atoms with Crippen molar-refractivity contribution >= 4 is 32.3 Å². The summed E-state index contributed by atoms with van der Waals surface area (Å²) >= 11 is 0. The van der Waals surface area contributed by atoms with E-state index in [1.807, 2.05) is 0 Å². The monoisotopic (exact) mass is 687 g/mol. The summed E-state index contributed by atoms with van der Waals surface area (Å²) in [5.74, 6) is 1.89.